The van der Waals surface area contributed by atoms with Crippen molar-refractivity contribution in [2.45, 2.75) is 49.8 Å². The Morgan fingerprint density at radius 2 is 1.74 bits per heavy atom. The van der Waals surface area contributed by atoms with Crippen LogP contribution in [0.3, 0.4) is 0 Å². The fraction of sp³-hybridized carbons (Fsp3) is 0.458. The van der Waals surface area contributed by atoms with Crippen molar-refractivity contribution in [3.05, 3.63) is 65.5 Å². The second-order valence-electron chi connectivity index (χ2n) is 8.87. The normalized spacial score (nSPS) is 18.0. The summed E-state index contributed by atoms with van der Waals surface area (Å²) in [6, 6.07) is 7.80. The molecule has 35 heavy (non-hydrogen) atoms. The van der Waals surface area contributed by atoms with Crippen molar-refractivity contribution >= 4 is 15.9 Å². The third-order valence-corrected chi connectivity index (χ3v) is 8.05. The van der Waals surface area contributed by atoms with Crippen molar-refractivity contribution in [2.75, 3.05) is 19.6 Å². The van der Waals surface area contributed by atoms with E-state index in [0.29, 0.717) is 12.1 Å². The topological polar surface area (TPSA) is 78.5 Å². The van der Waals surface area contributed by atoms with Crippen molar-refractivity contribution in [3.8, 4) is 0 Å². The number of benzene rings is 2. The second-order valence-corrected chi connectivity index (χ2v) is 10.8. The van der Waals surface area contributed by atoms with E-state index in [1.54, 1.807) is 13.8 Å². The smallest absolute Gasteiger partial charge is 0.348 e. The van der Waals surface area contributed by atoms with E-state index in [0.717, 1.165) is 60.1 Å². The molecule has 3 rings (SSSR count). The number of halogens is 4. The molecule has 1 aliphatic rings. The van der Waals surface area contributed by atoms with Crippen molar-refractivity contribution in [1.82, 2.24) is 14.9 Å². The molecule has 1 unspecified atom stereocenters. The van der Waals surface area contributed by atoms with Gasteiger partial charge in [0.15, 0.2) is 0 Å². The van der Waals surface area contributed by atoms with Gasteiger partial charge in [-0.25, -0.2) is 12.8 Å². The zero-order valence-corrected chi connectivity index (χ0v) is 20.3. The van der Waals surface area contributed by atoms with Gasteiger partial charge in [0.2, 0.25) is 15.9 Å². The number of nitrogens with one attached hydrogen (secondary N) is 2. The summed E-state index contributed by atoms with van der Waals surface area (Å²) in [5.74, 6) is -1.25. The lowest BCUT2D eigenvalue weighted by Crippen LogP contribution is -2.47. The van der Waals surface area contributed by atoms with Gasteiger partial charge in [-0.15, -0.1) is 0 Å². The molecule has 2 aromatic carbocycles. The molecule has 1 fully saturated rings. The van der Waals surface area contributed by atoms with Gasteiger partial charge in [-0.05, 0) is 81.1 Å². The number of amides is 1. The largest absolute Gasteiger partial charge is 0.416 e. The van der Waals surface area contributed by atoms with Crippen molar-refractivity contribution in [1.29, 1.82) is 0 Å². The molecular weight excluding hydrogens is 486 g/mol. The first-order chi connectivity index (χ1) is 16.4. The van der Waals surface area contributed by atoms with Crippen LogP contribution in [0.4, 0.5) is 17.6 Å². The quantitative estimate of drug-likeness (QED) is 0.519. The van der Waals surface area contributed by atoms with E-state index in [1.165, 1.54) is 12.1 Å². The van der Waals surface area contributed by atoms with Crippen LogP contribution < -0.4 is 10.6 Å². The van der Waals surface area contributed by atoms with Gasteiger partial charge in [-0.2, -0.15) is 17.5 Å². The van der Waals surface area contributed by atoms with E-state index < -0.39 is 52.1 Å². The van der Waals surface area contributed by atoms with Gasteiger partial charge in [0.05, 0.1) is 23.0 Å². The molecule has 192 valence electrons. The van der Waals surface area contributed by atoms with E-state index in [1.807, 2.05) is 0 Å². The summed E-state index contributed by atoms with van der Waals surface area (Å²) in [5, 5.41) is 6.09. The molecule has 2 atom stereocenters. The second kappa shape index (κ2) is 11.0. The molecule has 11 heteroatoms. The van der Waals surface area contributed by atoms with E-state index in [-0.39, 0.29) is 10.8 Å². The Labute approximate surface area is 202 Å². The van der Waals surface area contributed by atoms with Gasteiger partial charge in [0, 0.05) is 12.6 Å². The number of sulfonamides is 1. The zero-order chi connectivity index (χ0) is 25.8. The number of hydrogen-bond donors (Lipinski definition) is 2. The standard InChI is InChI=1S/C24H29F4N3O3S/c1-16(2)31(35(33,34)21-11-9-20(25)10-12-21)15-22(32)30-23(18-4-3-13-29-14-18)17-5-7-19(8-6-17)24(26,27)28/h5-12,16,18,23,29H,3-4,13-15H2,1-2H3,(H,30,32)/t18-,23?/m0/s1. The number of hydrogen-bond acceptors (Lipinski definition) is 4. The highest BCUT2D eigenvalue weighted by Gasteiger charge is 2.33. The van der Waals surface area contributed by atoms with Crippen LogP contribution in [0.1, 0.15) is 43.9 Å². The molecule has 0 radical (unpaired) electrons. The third kappa shape index (κ3) is 6.80. The van der Waals surface area contributed by atoms with Crippen LogP contribution in [-0.4, -0.2) is 44.3 Å². The first-order valence-corrected chi connectivity index (χ1v) is 12.8. The number of carbonyl (C=O) groups excluding carboxylic acids is 1. The Hall–Kier alpha value is -2.50. The van der Waals surface area contributed by atoms with Crippen LogP contribution in [0.5, 0.6) is 0 Å². The zero-order valence-electron chi connectivity index (χ0n) is 19.5. The monoisotopic (exact) mass is 515 g/mol. The molecule has 0 aromatic heterocycles. The lowest BCUT2D eigenvalue weighted by atomic mass is 9.87. The summed E-state index contributed by atoms with van der Waals surface area (Å²) in [5.41, 5.74) is -0.276. The van der Waals surface area contributed by atoms with Crippen LogP contribution >= 0.6 is 0 Å². The van der Waals surface area contributed by atoms with E-state index in [2.05, 4.69) is 10.6 Å². The van der Waals surface area contributed by atoms with Gasteiger partial charge in [-0.1, -0.05) is 12.1 Å². The van der Waals surface area contributed by atoms with Gasteiger partial charge < -0.3 is 10.6 Å². The molecule has 6 nitrogen and oxygen atoms in total. The van der Waals surface area contributed by atoms with E-state index in [4.69, 9.17) is 0 Å². The SMILES string of the molecule is CC(C)N(CC(=O)NC(c1ccc(C(F)(F)F)cc1)[C@H]1CCCNC1)S(=O)(=O)c1ccc(F)cc1. The Balaban J connectivity index is 1.83. The molecule has 0 aliphatic carbocycles. The summed E-state index contributed by atoms with van der Waals surface area (Å²) in [6.45, 7) is 4.11. The molecule has 1 aliphatic heterocycles. The maximum absolute atomic E-state index is 13.3. The number of alkyl halides is 3. The summed E-state index contributed by atoms with van der Waals surface area (Å²) >= 11 is 0. The Morgan fingerprint density at radius 1 is 1.11 bits per heavy atom. The Bertz CT molecular complexity index is 1100. The molecular formula is C24H29F4N3O3S. The summed E-state index contributed by atoms with van der Waals surface area (Å²) in [7, 11) is -4.09. The molecule has 1 amide bonds. The lowest BCUT2D eigenvalue weighted by molar-refractivity contribution is -0.137. The highest BCUT2D eigenvalue weighted by atomic mass is 32.2. The van der Waals surface area contributed by atoms with Gasteiger partial charge >= 0.3 is 6.18 Å². The first kappa shape index (κ1) is 27.1. The Morgan fingerprint density at radius 3 is 2.26 bits per heavy atom. The van der Waals surface area contributed by atoms with E-state index >= 15 is 0 Å². The van der Waals surface area contributed by atoms with Crippen LogP contribution in [-0.2, 0) is 21.0 Å². The predicted molar refractivity (Wildman–Crippen MR) is 123 cm³/mol. The molecule has 0 spiro atoms. The first-order valence-electron chi connectivity index (χ1n) is 11.3. The predicted octanol–water partition coefficient (Wildman–Crippen LogP) is 4.10. The fourth-order valence-corrected chi connectivity index (χ4v) is 5.76. The van der Waals surface area contributed by atoms with Gasteiger partial charge in [0.25, 0.3) is 0 Å². The van der Waals surface area contributed by atoms with Crippen LogP contribution in [0.25, 0.3) is 0 Å². The summed E-state index contributed by atoms with van der Waals surface area (Å²) < 4.78 is 79.6. The van der Waals surface area contributed by atoms with Crippen LogP contribution in [0.2, 0.25) is 0 Å². The average Bonchev–Trinajstić information content (AvgIpc) is 2.81. The van der Waals surface area contributed by atoms with Gasteiger partial charge in [-0.3, -0.25) is 4.79 Å². The maximum atomic E-state index is 13.3. The number of carbonyl (C=O) groups is 1. The fourth-order valence-electron chi connectivity index (χ4n) is 4.16. The van der Waals surface area contributed by atoms with Crippen molar-refractivity contribution in [2.24, 2.45) is 5.92 Å². The van der Waals surface area contributed by atoms with Crippen molar-refractivity contribution < 1.29 is 30.8 Å². The highest BCUT2D eigenvalue weighted by molar-refractivity contribution is 7.89. The third-order valence-electron chi connectivity index (χ3n) is 6.02. The van der Waals surface area contributed by atoms with Crippen LogP contribution in [0.15, 0.2) is 53.4 Å². The minimum atomic E-state index is -4.48. The minimum Gasteiger partial charge on any atom is -0.348 e. The minimum absolute atomic E-state index is 0.0781. The molecule has 0 saturated carbocycles. The number of piperidine rings is 1. The maximum Gasteiger partial charge on any atom is 0.416 e. The molecule has 1 heterocycles. The summed E-state index contributed by atoms with van der Waals surface area (Å²) in [6.07, 6.45) is -2.88. The molecule has 0 bridgehead atoms. The van der Waals surface area contributed by atoms with Crippen LogP contribution in [0, 0.1) is 11.7 Å². The number of nitrogens with zero attached hydrogens (tertiary/aromatic N) is 1. The molecule has 1 saturated heterocycles. The molecule has 2 aromatic rings. The molecule has 2 N–H and O–H groups in total. The van der Waals surface area contributed by atoms with Gasteiger partial charge in [0.1, 0.15) is 5.82 Å². The van der Waals surface area contributed by atoms with Crippen molar-refractivity contribution in [3.63, 3.8) is 0 Å². The Kier molecular flexibility index (Phi) is 8.55. The average molecular weight is 516 g/mol. The number of rotatable bonds is 8. The lowest BCUT2D eigenvalue weighted by Gasteiger charge is -2.33. The summed E-state index contributed by atoms with van der Waals surface area (Å²) in [4.78, 5) is 12.9. The highest BCUT2D eigenvalue weighted by Crippen LogP contribution is 2.32. The van der Waals surface area contributed by atoms with E-state index in [9.17, 15) is 30.8 Å².